The molecule has 1 saturated carbocycles. The van der Waals surface area contributed by atoms with Crippen LogP contribution >= 0.6 is 0 Å². The zero-order valence-electron chi connectivity index (χ0n) is 20.5. The number of carbonyl (C=O) groups excluding carboxylic acids is 1. The molecule has 0 radical (unpaired) electrons. The van der Waals surface area contributed by atoms with Crippen LogP contribution in [0.3, 0.4) is 0 Å². The summed E-state index contributed by atoms with van der Waals surface area (Å²) in [5.41, 5.74) is 3.49. The third-order valence-electron chi connectivity index (χ3n) is 7.00. The van der Waals surface area contributed by atoms with E-state index in [9.17, 15) is 14.4 Å². The van der Waals surface area contributed by atoms with E-state index in [1.807, 2.05) is 32.9 Å². The lowest BCUT2D eigenvalue weighted by Gasteiger charge is -2.13. The van der Waals surface area contributed by atoms with Crippen LogP contribution in [0.1, 0.15) is 66.1 Å². The van der Waals surface area contributed by atoms with Crippen molar-refractivity contribution in [2.24, 2.45) is 0 Å². The Hall–Kier alpha value is -3.68. The van der Waals surface area contributed by atoms with Crippen molar-refractivity contribution in [1.29, 1.82) is 0 Å². The summed E-state index contributed by atoms with van der Waals surface area (Å²) < 4.78 is 4.44. The molecule has 0 atom stereocenters. The van der Waals surface area contributed by atoms with Gasteiger partial charge in [-0.15, -0.1) is 5.10 Å². The van der Waals surface area contributed by atoms with Crippen molar-refractivity contribution < 1.29 is 4.79 Å². The van der Waals surface area contributed by atoms with E-state index < -0.39 is 0 Å². The van der Waals surface area contributed by atoms with Gasteiger partial charge in [0.1, 0.15) is 0 Å². The molecule has 0 saturated heterocycles. The smallest absolute Gasteiger partial charge is 0.349 e. The van der Waals surface area contributed by atoms with E-state index in [-0.39, 0.29) is 23.2 Å². The van der Waals surface area contributed by atoms with Gasteiger partial charge in [-0.2, -0.15) is 0 Å². The number of carbonyl (C=O) groups is 1. The Morgan fingerprint density at radius 3 is 2.60 bits per heavy atom. The molecule has 1 amide bonds. The standard InChI is InChI=1S/C27H31N5O3/c1-4-13-30-25(34)22-12-11-19(24(33)28-21-7-5-6-8-21)15-23(22)32-26(30)29-31(27(32)35)16-20-14-17(2)9-10-18(20)3/h9-12,14-15,21H,4-8,13,16H2,1-3H3,(H,28,33). The average Bonchev–Trinajstić information content (AvgIpc) is 3.46. The molecule has 8 heteroatoms. The van der Waals surface area contributed by atoms with E-state index in [4.69, 9.17) is 0 Å². The Morgan fingerprint density at radius 1 is 1.09 bits per heavy atom. The van der Waals surface area contributed by atoms with Crippen molar-refractivity contribution in [3.8, 4) is 0 Å². The third kappa shape index (κ3) is 4.17. The fourth-order valence-corrected chi connectivity index (χ4v) is 5.06. The molecule has 8 nitrogen and oxygen atoms in total. The Kier molecular flexibility index (Phi) is 6.05. The minimum absolute atomic E-state index is 0.179. The molecule has 0 unspecified atom stereocenters. The lowest BCUT2D eigenvalue weighted by Crippen LogP contribution is -2.33. The number of nitrogens with zero attached hydrogens (tertiary/aromatic N) is 4. The predicted octanol–water partition coefficient (Wildman–Crippen LogP) is 3.56. The van der Waals surface area contributed by atoms with Crippen LogP contribution in [0.4, 0.5) is 0 Å². The van der Waals surface area contributed by atoms with Gasteiger partial charge in [-0.1, -0.05) is 43.5 Å². The largest absolute Gasteiger partial charge is 0.352 e. The zero-order valence-corrected chi connectivity index (χ0v) is 20.5. The summed E-state index contributed by atoms with van der Waals surface area (Å²) >= 11 is 0. The third-order valence-corrected chi connectivity index (χ3v) is 7.00. The topological polar surface area (TPSA) is 90.4 Å². The van der Waals surface area contributed by atoms with Gasteiger partial charge >= 0.3 is 5.69 Å². The van der Waals surface area contributed by atoms with Crippen LogP contribution in [0.2, 0.25) is 0 Å². The Balaban J connectivity index is 1.68. The molecule has 5 rings (SSSR count). The summed E-state index contributed by atoms with van der Waals surface area (Å²) in [6.07, 6.45) is 4.93. The molecule has 2 heterocycles. The van der Waals surface area contributed by atoms with Gasteiger partial charge in [0.15, 0.2) is 0 Å². The van der Waals surface area contributed by atoms with E-state index >= 15 is 0 Å². The highest BCUT2D eigenvalue weighted by Gasteiger charge is 2.21. The first-order valence-electron chi connectivity index (χ1n) is 12.4. The minimum Gasteiger partial charge on any atom is -0.349 e. The summed E-state index contributed by atoms with van der Waals surface area (Å²) in [6.45, 7) is 6.75. The molecule has 1 fully saturated rings. The molecule has 1 aliphatic rings. The monoisotopic (exact) mass is 473 g/mol. The van der Waals surface area contributed by atoms with E-state index in [2.05, 4.69) is 16.5 Å². The van der Waals surface area contributed by atoms with Crippen molar-refractivity contribution in [3.05, 3.63) is 79.5 Å². The fraction of sp³-hybridized carbons (Fsp3) is 0.407. The highest BCUT2D eigenvalue weighted by atomic mass is 16.2. The summed E-state index contributed by atoms with van der Waals surface area (Å²) in [5, 5.41) is 8.08. The predicted molar refractivity (Wildman–Crippen MR) is 136 cm³/mol. The van der Waals surface area contributed by atoms with Crippen molar-refractivity contribution >= 4 is 22.6 Å². The normalized spacial score (nSPS) is 14.3. The first-order chi connectivity index (χ1) is 16.9. The van der Waals surface area contributed by atoms with Crippen LogP contribution in [0, 0.1) is 13.8 Å². The molecule has 0 spiro atoms. The number of nitrogens with one attached hydrogen (secondary N) is 1. The van der Waals surface area contributed by atoms with Gasteiger partial charge in [-0.3, -0.25) is 14.2 Å². The molecular weight excluding hydrogens is 442 g/mol. The molecule has 0 aliphatic heterocycles. The molecule has 0 bridgehead atoms. The number of rotatable bonds is 6. The number of amides is 1. The summed E-state index contributed by atoms with van der Waals surface area (Å²) in [7, 11) is 0. The molecule has 35 heavy (non-hydrogen) atoms. The van der Waals surface area contributed by atoms with E-state index in [1.165, 1.54) is 9.08 Å². The molecule has 2 aromatic carbocycles. The molecule has 1 N–H and O–H groups in total. The highest BCUT2D eigenvalue weighted by molar-refractivity contribution is 5.98. The van der Waals surface area contributed by atoms with Crippen molar-refractivity contribution in [1.82, 2.24) is 24.1 Å². The van der Waals surface area contributed by atoms with Gasteiger partial charge in [0.2, 0.25) is 5.78 Å². The number of hydrogen-bond donors (Lipinski definition) is 1. The number of hydrogen-bond acceptors (Lipinski definition) is 4. The second kappa shape index (κ2) is 9.17. The van der Waals surface area contributed by atoms with Gasteiger partial charge in [0.25, 0.3) is 11.5 Å². The van der Waals surface area contributed by atoms with E-state index in [0.29, 0.717) is 35.3 Å². The summed E-state index contributed by atoms with van der Waals surface area (Å²) in [4.78, 5) is 39.9. The van der Waals surface area contributed by atoms with E-state index in [1.54, 1.807) is 22.8 Å². The molecule has 2 aromatic heterocycles. The second-order valence-electron chi connectivity index (χ2n) is 9.65. The van der Waals surface area contributed by atoms with Crippen LogP contribution < -0.4 is 16.6 Å². The highest BCUT2D eigenvalue weighted by Crippen LogP contribution is 2.20. The molecule has 4 aromatic rings. The van der Waals surface area contributed by atoms with Crippen LogP contribution in [0.25, 0.3) is 16.7 Å². The van der Waals surface area contributed by atoms with Gasteiger partial charge in [0.05, 0.1) is 17.4 Å². The van der Waals surface area contributed by atoms with Crippen LogP contribution in [0.5, 0.6) is 0 Å². The maximum Gasteiger partial charge on any atom is 0.352 e. The van der Waals surface area contributed by atoms with Gasteiger partial charge < -0.3 is 5.32 Å². The number of benzene rings is 2. The van der Waals surface area contributed by atoms with Gasteiger partial charge in [-0.05, 0) is 62.4 Å². The number of aryl methyl sites for hydroxylation is 3. The molecule has 182 valence electrons. The van der Waals surface area contributed by atoms with Gasteiger partial charge in [0, 0.05) is 18.2 Å². The maximum atomic E-state index is 13.6. The minimum atomic E-state index is -0.330. The van der Waals surface area contributed by atoms with E-state index in [0.717, 1.165) is 48.8 Å². The van der Waals surface area contributed by atoms with Crippen molar-refractivity contribution in [2.45, 2.75) is 72.0 Å². The Bertz CT molecular complexity index is 1550. The number of fused-ring (bicyclic) bond motifs is 3. The first kappa shape index (κ1) is 23.1. The Morgan fingerprint density at radius 2 is 1.86 bits per heavy atom. The first-order valence-corrected chi connectivity index (χ1v) is 12.4. The van der Waals surface area contributed by atoms with Crippen LogP contribution in [-0.4, -0.2) is 30.7 Å². The maximum absolute atomic E-state index is 13.6. The SMILES string of the molecule is CCCn1c(=O)c2ccc(C(=O)NC3CCCC3)cc2n2c(=O)n(Cc3cc(C)ccc3C)nc12. The fourth-order valence-electron chi connectivity index (χ4n) is 5.06. The van der Waals surface area contributed by atoms with Crippen molar-refractivity contribution in [3.63, 3.8) is 0 Å². The summed E-state index contributed by atoms with van der Waals surface area (Å²) in [6, 6.07) is 11.3. The second-order valence-corrected chi connectivity index (χ2v) is 9.65. The van der Waals surface area contributed by atoms with Crippen LogP contribution in [0.15, 0.2) is 46.0 Å². The summed E-state index contributed by atoms with van der Waals surface area (Å²) in [5.74, 6) is 0.119. The molecular formula is C27H31N5O3. The van der Waals surface area contributed by atoms with Gasteiger partial charge in [-0.25, -0.2) is 13.9 Å². The quantitative estimate of drug-likeness (QED) is 0.464. The zero-order chi connectivity index (χ0) is 24.7. The average molecular weight is 474 g/mol. The molecule has 1 aliphatic carbocycles. The lowest BCUT2D eigenvalue weighted by molar-refractivity contribution is 0.0938. The van der Waals surface area contributed by atoms with Crippen molar-refractivity contribution in [2.75, 3.05) is 0 Å². The Labute approximate surface area is 203 Å². The lowest BCUT2D eigenvalue weighted by atomic mass is 10.1. The van der Waals surface area contributed by atoms with Crippen LogP contribution in [-0.2, 0) is 13.1 Å². The number of aromatic nitrogens is 4.